The lowest BCUT2D eigenvalue weighted by atomic mass is 10.2. The summed E-state index contributed by atoms with van der Waals surface area (Å²) in [6, 6.07) is 6.16. The van der Waals surface area contributed by atoms with Gasteiger partial charge in [-0.2, -0.15) is 0 Å². The van der Waals surface area contributed by atoms with E-state index in [1.165, 1.54) is 12.1 Å². The predicted molar refractivity (Wildman–Crippen MR) is 92.5 cm³/mol. The molecule has 1 aromatic rings. The first-order chi connectivity index (χ1) is 10.5. The van der Waals surface area contributed by atoms with Gasteiger partial charge in [0.1, 0.15) is 0 Å². The van der Waals surface area contributed by atoms with Gasteiger partial charge in [0.25, 0.3) is 5.91 Å². The highest BCUT2D eigenvalue weighted by atomic mass is 35.5. The molecule has 1 aliphatic rings. The van der Waals surface area contributed by atoms with Crippen LogP contribution in [0.4, 0.5) is 0 Å². The van der Waals surface area contributed by atoms with E-state index in [1.807, 2.05) is 0 Å². The normalized spacial score (nSPS) is 15.2. The third-order valence-electron chi connectivity index (χ3n) is 3.74. The Labute approximate surface area is 143 Å². The van der Waals surface area contributed by atoms with Crippen LogP contribution in [-0.2, 0) is 10.0 Å². The zero-order valence-electron chi connectivity index (χ0n) is 13.2. The van der Waals surface area contributed by atoms with Crippen molar-refractivity contribution < 1.29 is 13.2 Å². The maximum atomic E-state index is 12.4. The highest BCUT2D eigenvalue weighted by molar-refractivity contribution is 7.89. The van der Waals surface area contributed by atoms with Crippen molar-refractivity contribution in [3.8, 4) is 0 Å². The minimum absolute atomic E-state index is 0. The molecule has 6 nitrogen and oxygen atoms in total. The molecule has 130 valence electrons. The van der Waals surface area contributed by atoms with Gasteiger partial charge in [-0.05, 0) is 38.1 Å². The van der Waals surface area contributed by atoms with Gasteiger partial charge in [0, 0.05) is 24.7 Å². The van der Waals surface area contributed by atoms with Crippen molar-refractivity contribution in [2.24, 2.45) is 0 Å². The Morgan fingerprint density at radius 3 is 2.57 bits per heavy atom. The SMILES string of the molecule is CNCCNC(=O)c1cccc(S(=O)(=O)NC2CCCC2)c1.Cl. The number of carbonyl (C=O) groups is 1. The molecular weight excluding hydrogens is 338 g/mol. The van der Waals surface area contributed by atoms with Gasteiger partial charge < -0.3 is 10.6 Å². The number of benzene rings is 1. The van der Waals surface area contributed by atoms with E-state index in [2.05, 4.69) is 15.4 Å². The molecule has 8 heteroatoms. The predicted octanol–water partition coefficient (Wildman–Crippen LogP) is 1.28. The molecule has 0 bridgehead atoms. The molecule has 0 saturated heterocycles. The minimum atomic E-state index is -3.57. The van der Waals surface area contributed by atoms with Crippen LogP contribution in [0.3, 0.4) is 0 Å². The molecule has 0 aromatic heterocycles. The molecular formula is C15H24ClN3O3S. The van der Waals surface area contributed by atoms with Gasteiger partial charge in [-0.25, -0.2) is 13.1 Å². The van der Waals surface area contributed by atoms with Crippen LogP contribution in [0.25, 0.3) is 0 Å². The van der Waals surface area contributed by atoms with Crippen LogP contribution in [0.5, 0.6) is 0 Å². The number of likely N-dealkylation sites (N-methyl/N-ethyl adjacent to an activating group) is 1. The molecule has 1 fully saturated rings. The Morgan fingerprint density at radius 1 is 1.22 bits per heavy atom. The maximum absolute atomic E-state index is 12.4. The van der Waals surface area contributed by atoms with E-state index in [1.54, 1.807) is 19.2 Å². The fourth-order valence-electron chi connectivity index (χ4n) is 2.54. The smallest absolute Gasteiger partial charge is 0.251 e. The summed E-state index contributed by atoms with van der Waals surface area (Å²) in [5.41, 5.74) is 0.352. The monoisotopic (exact) mass is 361 g/mol. The Kier molecular flexibility index (Phi) is 7.98. The first-order valence-electron chi connectivity index (χ1n) is 7.58. The number of hydrogen-bond donors (Lipinski definition) is 3. The summed E-state index contributed by atoms with van der Waals surface area (Å²) in [4.78, 5) is 12.1. The summed E-state index contributed by atoms with van der Waals surface area (Å²) in [7, 11) is -1.77. The average Bonchev–Trinajstić information content (AvgIpc) is 3.00. The highest BCUT2D eigenvalue weighted by Gasteiger charge is 2.23. The highest BCUT2D eigenvalue weighted by Crippen LogP contribution is 2.20. The molecule has 1 aromatic carbocycles. The number of nitrogens with one attached hydrogen (secondary N) is 3. The summed E-state index contributed by atoms with van der Waals surface area (Å²) in [5, 5.41) is 5.66. The number of halogens is 1. The van der Waals surface area contributed by atoms with Crippen LogP contribution in [0.1, 0.15) is 36.0 Å². The first kappa shape index (κ1) is 19.9. The second kappa shape index (κ2) is 9.22. The second-order valence-electron chi connectivity index (χ2n) is 5.49. The lowest BCUT2D eigenvalue weighted by Crippen LogP contribution is -2.33. The van der Waals surface area contributed by atoms with Crippen molar-refractivity contribution in [3.63, 3.8) is 0 Å². The van der Waals surface area contributed by atoms with Crippen molar-refractivity contribution in [1.29, 1.82) is 0 Å². The second-order valence-corrected chi connectivity index (χ2v) is 7.20. The van der Waals surface area contributed by atoms with E-state index < -0.39 is 10.0 Å². The Bertz CT molecular complexity index is 616. The third-order valence-corrected chi connectivity index (χ3v) is 5.26. The van der Waals surface area contributed by atoms with Crippen molar-refractivity contribution in [1.82, 2.24) is 15.4 Å². The average molecular weight is 362 g/mol. The van der Waals surface area contributed by atoms with E-state index in [-0.39, 0.29) is 29.3 Å². The van der Waals surface area contributed by atoms with Gasteiger partial charge in [-0.1, -0.05) is 18.9 Å². The molecule has 1 saturated carbocycles. The Balaban J connectivity index is 0.00000264. The summed E-state index contributed by atoms with van der Waals surface area (Å²) >= 11 is 0. The Morgan fingerprint density at radius 2 is 1.91 bits per heavy atom. The zero-order chi connectivity index (χ0) is 16.0. The zero-order valence-corrected chi connectivity index (χ0v) is 14.8. The van der Waals surface area contributed by atoms with E-state index in [4.69, 9.17) is 0 Å². The molecule has 23 heavy (non-hydrogen) atoms. The van der Waals surface area contributed by atoms with Crippen molar-refractivity contribution in [3.05, 3.63) is 29.8 Å². The van der Waals surface area contributed by atoms with Gasteiger partial charge in [0.2, 0.25) is 10.0 Å². The van der Waals surface area contributed by atoms with Gasteiger partial charge in [-0.15, -0.1) is 12.4 Å². The topological polar surface area (TPSA) is 87.3 Å². The molecule has 0 aliphatic heterocycles. The third kappa shape index (κ3) is 5.76. The molecule has 1 aliphatic carbocycles. The summed E-state index contributed by atoms with van der Waals surface area (Å²) in [6.07, 6.45) is 3.87. The molecule has 0 heterocycles. The fraction of sp³-hybridized carbons (Fsp3) is 0.533. The van der Waals surface area contributed by atoms with E-state index in [0.717, 1.165) is 25.7 Å². The van der Waals surface area contributed by atoms with E-state index >= 15 is 0 Å². The van der Waals surface area contributed by atoms with Crippen LogP contribution in [-0.4, -0.2) is 40.5 Å². The van der Waals surface area contributed by atoms with E-state index in [0.29, 0.717) is 18.7 Å². The van der Waals surface area contributed by atoms with Crippen LogP contribution in [0.2, 0.25) is 0 Å². The lowest BCUT2D eigenvalue weighted by Gasteiger charge is -2.13. The van der Waals surface area contributed by atoms with Crippen molar-refractivity contribution in [2.45, 2.75) is 36.6 Å². The molecule has 3 N–H and O–H groups in total. The van der Waals surface area contributed by atoms with Gasteiger partial charge >= 0.3 is 0 Å². The fourth-order valence-corrected chi connectivity index (χ4v) is 3.89. The van der Waals surface area contributed by atoms with Gasteiger partial charge in [-0.3, -0.25) is 4.79 Å². The molecule has 0 spiro atoms. The lowest BCUT2D eigenvalue weighted by molar-refractivity contribution is 0.0954. The number of amides is 1. The minimum Gasteiger partial charge on any atom is -0.351 e. The molecule has 0 radical (unpaired) electrons. The number of sulfonamides is 1. The Hall–Kier alpha value is -1.15. The summed E-state index contributed by atoms with van der Waals surface area (Å²) in [5.74, 6) is -0.270. The van der Waals surface area contributed by atoms with Crippen LogP contribution < -0.4 is 15.4 Å². The van der Waals surface area contributed by atoms with E-state index in [9.17, 15) is 13.2 Å². The molecule has 1 amide bonds. The summed E-state index contributed by atoms with van der Waals surface area (Å²) in [6.45, 7) is 1.15. The number of rotatable bonds is 7. The number of hydrogen-bond acceptors (Lipinski definition) is 4. The molecule has 2 rings (SSSR count). The van der Waals surface area contributed by atoms with Gasteiger partial charge in [0.15, 0.2) is 0 Å². The molecule has 0 unspecified atom stereocenters. The standard InChI is InChI=1S/C15H23N3O3S.ClH/c1-16-9-10-17-15(19)12-5-4-8-14(11-12)22(20,21)18-13-6-2-3-7-13;/h4-5,8,11,13,16,18H,2-3,6-7,9-10H2,1H3,(H,17,19);1H. The quantitative estimate of drug-likeness (QED) is 0.638. The number of carbonyl (C=O) groups excluding carboxylic acids is 1. The summed E-state index contributed by atoms with van der Waals surface area (Å²) < 4.78 is 27.5. The van der Waals surface area contributed by atoms with Crippen molar-refractivity contribution >= 4 is 28.3 Å². The maximum Gasteiger partial charge on any atom is 0.251 e. The van der Waals surface area contributed by atoms with Crippen LogP contribution in [0.15, 0.2) is 29.2 Å². The molecule has 0 atom stereocenters. The van der Waals surface area contributed by atoms with Crippen LogP contribution >= 0.6 is 12.4 Å². The first-order valence-corrected chi connectivity index (χ1v) is 9.06. The van der Waals surface area contributed by atoms with Crippen molar-refractivity contribution in [2.75, 3.05) is 20.1 Å². The van der Waals surface area contributed by atoms with Gasteiger partial charge in [0.05, 0.1) is 4.90 Å². The van der Waals surface area contributed by atoms with Crippen LogP contribution in [0, 0.1) is 0 Å². The largest absolute Gasteiger partial charge is 0.351 e.